The molecule has 0 radical (unpaired) electrons. The second kappa shape index (κ2) is 10.3. The molecule has 2 aliphatic heterocycles. The smallest absolute Gasteiger partial charge is 0.124 e. The molecule has 2 unspecified atom stereocenters. The summed E-state index contributed by atoms with van der Waals surface area (Å²) in [6.45, 7) is 2.09. The van der Waals surface area contributed by atoms with Crippen molar-refractivity contribution >= 4 is 0 Å². The fourth-order valence-corrected chi connectivity index (χ4v) is 4.95. The Balaban J connectivity index is 1.27. The first kappa shape index (κ1) is 22.4. The first-order valence-electron chi connectivity index (χ1n) is 12.6. The van der Waals surface area contributed by atoms with Crippen LogP contribution < -0.4 is 10.6 Å². The van der Waals surface area contributed by atoms with E-state index in [1.165, 1.54) is 12.8 Å². The first-order valence-corrected chi connectivity index (χ1v) is 12.6. The van der Waals surface area contributed by atoms with Crippen LogP contribution in [0.25, 0.3) is 22.4 Å². The van der Waals surface area contributed by atoms with Gasteiger partial charge in [0.15, 0.2) is 0 Å². The number of nitrogens with zero attached hydrogens (tertiary/aromatic N) is 2. The van der Waals surface area contributed by atoms with Gasteiger partial charge in [-0.25, -0.2) is 9.97 Å². The summed E-state index contributed by atoms with van der Waals surface area (Å²) in [5, 5.41) is 6.95. The zero-order chi connectivity index (χ0) is 24.2. The predicted octanol–water partition coefficient (Wildman–Crippen LogP) is 4.72. The molecule has 6 nitrogen and oxygen atoms in total. The molecule has 0 aliphatic carbocycles. The standard InChI is InChI=1S/C30H28N6/c1-2-8-21(9-3-1)25-18-23(28-20-34-30(36-28)27-13-7-17-32-27)15-14-22(25)10-4-5-11-24-19-33-29(35-24)26-12-6-16-31-26/h1-3,8-9,14-15,18-20,26-27,31-32H,6-7,12-13,16-17H2,(H,33,35)(H,34,36). The Hall–Kier alpha value is -4.10. The first-order chi connectivity index (χ1) is 17.8. The fourth-order valence-electron chi connectivity index (χ4n) is 4.95. The summed E-state index contributed by atoms with van der Waals surface area (Å²) >= 11 is 0. The Kier molecular flexibility index (Phi) is 6.37. The van der Waals surface area contributed by atoms with E-state index in [2.05, 4.69) is 84.6 Å². The lowest BCUT2D eigenvalue weighted by molar-refractivity contribution is 0.612. The minimum Gasteiger partial charge on any atom is -0.341 e. The highest BCUT2D eigenvalue weighted by atomic mass is 15.0. The van der Waals surface area contributed by atoms with Crippen molar-refractivity contribution in [1.29, 1.82) is 0 Å². The minimum absolute atomic E-state index is 0.305. The predicted molar refractivity (Wildman–Crippen MR) is 142 cm³/mol. The normalized spacial score (nSPS) is 18.9. The molecule has 4 N–H and O–H groups in total. The number of aromatic nitrogens is 4. The van der Waals surface area contributed by atoms with E-state index in [9.17, 15) is 0 Å². The summed E-state index contributed by atoms with van der Waals surface area (Å²) < 4.78 is 0. The SMILES string of the molecule is C(C#Cc1ccc(-c2cnc(C3CCCN3)[nH]2)cc1-c1ccccc1)#Cc1cnc(C2CCCN2)[nH]1. The molecule has 2 fully saturated rings. The highest BCUT2D eigenvalue weighted by Gasteiger charge is 2.20. The van der Waals surface area contributed by atoms with Crippen LogP contribution in [-0.4, -0.2) is 33.0 Å². The average molecular weight is 473 g/mol. The van der Waals surface area contributed by atoms with E-state index in [0.29, 0.717) is 12.1 Å². The van der Waals surface area contributed by atoms with Crippen LogP contribution in [0, 0.1) is 23.7 Å². The van der Waals surface area contributed by atoms with Crippen LogP contribution >= 0.6 is 0 Å². The summed E-state index contributed by atoms with van der Waals surface area (Å²) in [4.78, 5) is 15.9. The minimum atomic E-state index is 0.305. The molecule has 6 heteroatoms. The summed E-state index contributed by atoms with van der Waals surface area (Å²) in [6, 6.07) is 17.3. The highest BCUT2D eigenvalue weighted by Crippen LogP contribution is 2.30. The Morgan fingerprint density at radius 1 is 0.722 bits per heavy atom. The van der Waals surface area contributed by atoms with Crippen molar-refractivity contribution < 1.29 is 0 Å². The molecule has 178 valence electrons. The maximum absolute atomic E-state index is 4.64. The van der Waals surface area contributed by atoms with Gasteiger partial charge in [-0.2, -0.15) is 0 Å². The second-order valence-electron chi connectivity index (χ2n) is 9.29. The quantitative estimate of drug-likeness (QED) is 0.324. The fraction of sp³-hybridized carbons (Fsp3) is 0.267. The topological polar surface area (TPSA) is 81.4 Å². The summed E-state index contributed by atoms with van der Waals surface area (Å²) in [7, 11) is 0. The van der Waals surface area contributed by atoms with E-state index >= 15 is 0 Å². The molecule has 4 aromatic rings. The van der Waals surface area contributed by atoms with Crippen LogP contribution in [0.2, 0.25) is 0 Å². The maximum Gasteiger partial charge on any atom is 0.124 e. The zero-order valence-corrected chi connectivity index (χ0v) is 20.1. The molecule has 6 rings (SSSR count). The van der Waals surface area contributed by atoms with Gasteiger partial charge < -0.3 is 20.6 Å². The molecule has 0 spiro atoms. The van der Waals surface area contributed by atoms with Crippen LogP contribution in [0.5, 0.6) is 0 Å². The van der Waals surface area contributed by atoms with Gasteiger partial charge in [0.25, 0.3) is 0 Å². The molecule has 4 heterocycles. The highest BCUT2D eigenvalue weighted by molar-refractivity contribution is 5.77. The zero-order valence-electron chi connectivity index (χ0n) is 20.1. The van der Waals surface area contributed by atoms with Gasteiger partial charge in [0, 0.05) is 11.1 Å². The molecule has 2 atom stereocenters. The van der Waals surface area contributed by atoms with E-state index in [1.807, 2.05) is 24.4 Å². The molecule has 0 saturated carbocycles. The number of hydrogen-bond acceptors (Lipinski definition) is 4. The average Bonchev–Trinajstić information content (AvgIpc) is 3.74. The maximum atomic E-state index is 4.64. The number of nitrogens with one attached hydrogen (secondary N) is 4. The molecule has 0 amide bonds. The Morgan fingerprint density at radius 3 is 2.19 bits per heavy atom. The third-order valence-electron chi connectivity index (χ3n) is 6.84. The van der Waals surface area contributed by atoms with E-state index in [0.717, 1.165) is 71.2 Å². The lowest BCUT2D eigenvalue weighted by atomic mass is 9.96. The van der Waals surface area contributed by atoms with E-state index < -0.39 is 0 Å². The molecule has 36 heavy (non-hydrogen) atoms. The lowest BCUT2D eigenvalue weighted by Crippen LogP contribution is -2.14. The molecular weight excluding hydrogens is 444 g/mol. The van der Waals surface area contributed by atoms with Gasteiger partial charge in [0.05, 0.1) is 30.2 Å². The monoisotopic (exact) mass is 472 g/mol. The number of H-pyrrole nitrogens is 2. The van der Waals surface area contributed by atoms with Gasteiger partial charge >= 0.3 is 0 Å². The number of imidazole rings is 2. The number of aromatic amines is 2. The summed E-state index contributed by atoms with van der Waals surface area (Å²) in [5.41, 5.74) is 6.04. The van der Waals surface area contributed by atoms with Crippen molar-refractivity contribution in [3.05, 3.63) is 83.8 Å². The molecule has 2 aromatic carbocycles. The van der Waals surface area contributed by atoms with Crippen molar-refractivity contribution in [2.45, 2.75) is 37.8 Å². The van der Waals surface area contributed by atoms with Gasteiger partial charge in [-0.1, -0.05) is 42.3 Å². The van der Waals surface area contributed by atoms with E-state index in [4.69, 9.17) is 0 Å². The number of rotatable bonds is 4. The van der Waals surface area contributed by atoms with Gasteiger partial charge in [-0.05, 0) is 79.8 Å². The van der Waals surface area contributed by atoms with Crippen LogP contribution in [0.15, 0.2) is 60.9 Å². The second-order valence-corrected chi connectivity index (χ2v) is 9.29. The van der Waals surface area contributed by atoms with Crippen molar-refractivity contribution in [3.8, 4) is 46.1 Å². The van der Waals surface area contributed by atoms with Gasteiger partial charge in [0.2, 0.25) is 0 Å². The molecule has 2 aromatic heterocycles. The Labute approximate surface area is 211 Å². The van der Waals surface area contributed by atoms with Gasteiger partial charge in [-0.15, -0.1) is 0 Å². The van der Waals surface area contributed by atoms with Crippen molar-refractivity contribution in [1.82, 2.24) is 30.6 Å². The molecule has 2 aliphatic rings. The Bertz CT molecular complexity index is 1460. The van der Waals surface area contributed by atoms with Crippen molar-refractivity contribution in [2.75, 3.05) is 13.1 Å². The van der Waals surface area contributed by atoms with E-state index in [1.54, 1.807) is 6.20 Å². The van der Waals surface area contributed by atoms with Gasteiger partial charge in [0.1, 0.15) is 17.3 Å². The Morgan fingerprint density at radius 2 is 1.44 bits per heavy atom. The molecule has 2 saturated heterocycles. The number of hydrogen-bond donors (Lipinski definition) is 4. The van der Waals surface area contributed by atoms with Crippen LogP contribution in [0.3, 0.4) is 0 Å². The van der Waals surface area contributed by atoms with Crippen molar-refractivity contribution in [2.24, 2.45) is 0 Å². The molecular formula is C30H28N6. The van der Waals surface area contributed by atoms with Crippen LogP contribution in [0.4, 0.5) is 0 Å². The van der Waals surface area contributed by atoms with Gasteiger partial charge in [-0.3, -0.25) is 0 Å². The summed E-state index contributed by atoms with van der Waals surface area (Å²) in [5.74, 6) is 14.4. The van der Waals surface area contributed by atoms with E-state index in [-0.39, 0.29) is 0 Å². The third kappa shape index (κ3) is 4.83. The lowest BCUT2D eigenvalue weighted by Gasteiger charge is -2.08. The molecule has 0 bridgehead atoms. The van der Waals surface area contributed by atoms with Crippen LogP contribution in [0.1, 0.15) is 60.7 Å². The third-order valence-corrected chi connectivity index (χ3v) is 6.84. The van der Waals surface area contributed by atoms with Crippen molar-refractivity contribution in [3.63, 3.8) is 0 Å². The largest absolute Gasteiger partial charge is 0.341 e. The summed E-state index contributed by atoms with van der Waals surface area (Å²) in [6.07, 6.45) is 8.31. The van der Waals surface area contributed by atoms with Crippen LogP contribution in [-0.2, 0) is 0 Å². The number of benzene rings is 2.